The van der Waals surface area contributed by atoms with Crippen molar-refractivity contribution in [1.82, 2.24) is 14.8 Å². The minimum Gasteiger partial charge on any atom is -0.300 e. The third-order valence-corrected chi connectivity index (χ3v) is 4.48. The van der Waals surface area contributed by atoms with Crippen LogP contribution in [0.1, 0.15) is 10.7 Å². The molecule has 0 bridgehead atoms. The van der Waals surface area contributed by atoms with Crippen LogP contribution >= 0.6 is 22.9 Å². The van der Waals surface area contributed by atoms with Gasteiger partial charge in [-0.05, 0) is 0 Å². The molecule has 1 aliphatic heterocycles. The lowest BCUT2D eigenvalue weighted by molar-refractivity contribution is -0.149. The van der Waals surface area contributed by atoms with E-state index >= 15 is 0 Å². The van der Waals surface area contributed by atoms with Crippen LogP contribution in [-0.2, 0) is 12.3 Å². The molecule has 0 atom stereocenters. The fourth-order valence-electron chi connectivity index (χ4n) is 2.20. The summed E-state index contributed by atoms with van der Waals surface area (Å²) in [5.41, 5.74) is 0.890. The fourth-order valence-corrected chi connectivity index (χ4v) is 3.22. The molecule has 20 heavy (non-hydrogen) atoms. The van der Waals surface area contributed by atoms with Crippen LogP contribution in [-0.4, -0.2) is 60.2 Å². The second-order valence-electron chi connectivity index (χ2n) is 4.85. The molecule has 8 heteroatoms. The summed E-state index contributed by atoms with van der Waals surface area (Å²) in [4.78, 5) is 8.03. The first-order valence-corrected chi connectivity index (χ1v) is 7.88. The van der Waals surface area contributed by atoms with Crippen LogP contribution in [0.2, 0.25) is 0 Å². The molecule has 1 aromatic heterocycles. The summed E-state index contributed by atoms with van der Waals surface area (Å²) in [5.74, 6) is 0.423. The maximum atomic E-state index is 12.3. The van der Waals surface area contributed by atoms with E-state index in [9.17, 15) is 13.2 Å². The molecule has 2 rings (SSSR count). The largest absolute Gasteiger partial charge is 0.401 e. The minimum absolute atomic E-state index is 0.423. The van der Waals surface area contributed by atoms with Crippen LogP contribution in [0.25, 0.3) is 0 Å². The lowest BCUT2D eigenvalue weighted by Gasteiger charge is -2.34. The number of thiazole rings is 1. The SMILES string of the molecule is FC(F)(F)CN1CCN(CCc2nc(CCl)cs2)CC1. The summed E-state index contributed by atoms with van der Waals surface area (Å²) in [5, 5.41) is 2.99. The molecule has 0 aromatic carbocycles. The average molecular weight is 328 g/mol. The van der Waals surface area contributed by atoms with Gasteiger partial charge in [0.25, 0.3) is 0 Å². The molecule has 3 nitrogen and oxygen atoms in total. The Morgan fingerprint density at radius 1 is 1.20 bits per heavy atom. The summed E-state index contributed by atoms with van der Waals surface area (Å²) >= 11 is 7.28. The van der Waals surface area contributed by atoms with Crippen molar-refractivity contribution in [2.75, 3.05) is 39.3 Å². The smallest absolute Gasteiger partial charge is 0.300 e. The van der Waals surface area contributed by atoms with E-state index in [1.54, 1.807) is 11.3 Å². The molecule has 0 saturated carbocycles. The Bertz CT molecular complexity index is 416. The van der Waals surface area contributed by atoms with Gasteiger partial charge in [-0.3, -0.25) is 4.90 Å². The Morgan fingerprint density at radius 2 is 1.85 bits per heavy atom. The Balaban J connectivity index is 1.69. The van der Waals surface area contributed by atoms with E-state index in [1.807, 2.05) is 5.38 Å². The Morgan fingerprint density at radius 3 is 2.40 bits per heavy atom. The van der Waals surface area contributed by atoms with Crippen molar-refractivity contribution in [2.45, 2.75) is 18.5 Å². The number of hydrogen-bond donors (Lipinski definition) is 0. The fraction of sp³-hybridized carbons (Fsp3) is 0.750. The molecule has 1 aromatic rings. The van der Waals surface area contributed by atoms with E-state index in [-0.39, 0.29) is 0 Å². The van der Waals surface area contributed by atoms with Crippen molar-refractivity contribution in [3.63, 3.8) is 0 Å². The number of piperazine rings is 1. The van der Waals surface area contributed by atoms with Gasteiger partial charge in [-0.2, -0.15) is 13.2 Å². The zero-order valence-corrected chi connectivity index (χ0v) is 12.6. The second kappa shape index (κ2) is 7.06. The number of halogens is 4. The molecule has 0 radical (unpaired) electrons. The van der Waals surface area contributed by atoms with Crippen molar-refractivity contribution in [3.8, 4) is 0 Å². The van der Waals surface area contributed by atoms with Gasteiger partial charge in [0.15, 0.2) is 0 Å². The summed E-state index contributed by atoms with van der Waals surface area (Å²) in [6.45, 7) is 2.36. The molecule has 1 saturated heterocycles. The van der Waals surface area contributed by atoms with Crippen LogP contribution < -0.4 is 0 Å². The van der Waals surface area contributed by atoms with Gasteiger partial charge in [0.1, 0.15) is 0 Å². The summed E-state index contributed by atoms with van der Waals surface area (Å²) in [6.07, 6.45) is -3.26. The molecule has 1 aliphatic rings. The van der Waals surface area contributed by atoms with E-state index in [0.717, 1.165) is 23.7 Å². The molecule has 0 spiro atoms. The third-order valence-electron chi connectivity index (χ3n) is 3.25. The normalized spacial score (nSPS) is 18.6. The zero-order chi connectivity index (χ0) is 14.6. The molecule has 114 valence electrons. The first-order chi connectivity index (χ1) is 9.46. The molecule has 1 fully saturated rings. The molecule has 2 heterocycles. The number of rotatable bonds is 5. The lowest BCUT2D eigenvalue weighted by Crippen LogP contribution is -2.49. The van der Waals surface area contributed by atoms with E-state index in [1.165, 1.54) is 4.90 Å². The summed E-state index contributed by atoms with van der Waals surface area (Å²) < 4.78 is 36.8. The average Bonchev–Trinajstić information content (AvgIpc) is 2.84. The second-order valence-corrected chi connectivity index (χ2v) is 6.06. The number of nitrogens with zero attached hydrogens (tertiary/aromatic N) is 3. The maximum Gasteiger partial charge on any atom is 0.401 e. The Kier molecular flexibility index (Phi) is 5.65. The van der Waals surface area contributed by atoms with E-state index < -0.39 is 12.7 Å². The highest BCUT2D eigenvalue weighted by Crippen LogP contribution is 2.18. The summed E-state index contributed by atoms with van der Waals surface area (Å²) in [6, 6.07) is 0. The van der Waals surface area contributed by atoms with Crippen molar-refractivity contribution in [2.24, 2.45) is 0 Å². The third kappa shape index (κ3) is 5.20. The van der Waals surface area contributed by atoms with Gasteiger partial charge >= 0.3 is 6.18 Å². The molecule has 0 N–H and O–H groups in total. The van der Waals surface area contributed by atoms with Crippen molar-refractivity contribution in [1.29, 1.82) is 0 Å². The topological polar surface area (TPSA) is 19.4 Å². The van der Waals surface area contributed by atoms with Crippen LogP contribution in [0.3, 0.4) is 0 Å². The van der Waals surface area contributed by atoms with Crippen molar-refractivity contribution >= 4 is 22.9 Å². The van der Waals surface area contributed by atoms with E-state index in [2.05, 4.69) is 9.88 Å². The Hall–Kier alpha value is -0.370. The zero-order valence-electron chi connectivity index (χ0n) is 11.0. The monoisotopic (exact) mass is 327 g/mol. The lowest BCUT2D eigenvalue weighted by atomic mass is 10.3. The van der Waals surface area contributed by atoms with Gasteiger partial charge in [0, 0.05) is 44.5 Å². The number of alkyl halides is 4. The standard InChI is InChI=1S/C12H17ClF3N3S/c13-7-10-8-20-11(17-10)1-2-18-3-5-19(6-4-18)9-12(14,15)16/h8H,1-7,9H2. The minimum atomic E-state index is -4.10. The predicted octanol–water partition coefficient (Wildman–Crippen LogP) is 2.60. The molecule has 0 aliphatic carbocycles. The first-order valence-electron chi connectivity index (χ1n) is 6.47. The van der Waals surface area contributed by atoms with Gasteiger partial charge in [-0.25, -0.2) is 4.98 Å². The molecule has 0 unspecified atom stereocenters. The molecular formula is C12H17ClF3N3S. The molecular weight excluding hydrogens is 311 g/mol. The highest BCUT2D eigenvalue weighted by atomic mass is 35.5. The number of aromatic nitrogens is 1. The quantitative estimate of drug-likeness (QED) is 0.775. The maximum absolute atomic E-state index is 12.3. The highest BCUT2D eigenvalue weighted by molar-refractivity contribution is 7.09. The highest BCUT2D eigenvalue weighted by Gasteiger charge is 2.31. The Labute approximate surface area is 125 Å². The van der Waals surface area contributed by atoms with Crippen LogP contribution in [0.4, 0.5) is 13.2 Å². The summed E-state index contributed by atoms with van der Waals surface area (Å²) in [7, 11) is 0. The van der Waals surface area contributed by atoms with Crippen LogP contribution in [0, 0.1) is 0 Å². The number of hydrogen-bond acceptors (Lipinski definition) is 4. The van der Waals surface area contributed by atoms with E-state index in [0.29, 0.717) is 32.1 Å². The van der Waals surface area contributed by atoms with E-state index in [4.69, 9.17) is 11.6 Å². The molecule has 0 amide bonds. The van der Waals surface area contributed by atoms with Crippen molar-refractivity contribution < 1.29 is 13.2 Å². The van der Waals surface area contributed by atoms with Gasteiger partial charge in [0.05, 0.1) is 23.1 Å². The van der Waals surface area contributed by atoms with Gasteiger partial charge in [0.2, 0.25) is 0 Å². The van der Waals surface area contributed by atoms with Crippen LogP contribution in [0.15, 0.2) is 5.38 Å². The van der Waals surface area contributed by atoms with Crippen molar-refractivity contribution in [3.05, 3.63) is 16.1 Å². The van der Waals surface area contributed by atoms with Gasteiger partial charge in [-0.1, -0.05) is 0 Å². The predicted molar refractivity (Wildman–Crippen MR) is 74.3 cm³/mol. The van der Waals surface area contributed by atoms with Crippen LogP contribution in [0.5, 0.6) is 0 Å². The van der Waals surface area contributed by atoms with Gasteiger partial charge < -0.3 is 4.90 Å². The van der Waals surface area contributed by atoms with Gasteiger partial charge in [-0.15, -0.1) is 22.9 Å². The first kappa shape index (κ1) is 16.0.